The van der Waals surface area contributed by atoms with Gasteiger partial charge in [0, 0.05) is 5.92 Å². The summed E-state index contributed by atoms with van der Waals surface area (Å²) in [4.78, 5) is 0. The van der Waals surface area contributed by atoms with Gasteiger partial charge in [-0.05, 0) is 54.3 Å². The van der Waals surface area contributed by atoms with Crippen molar-refractivity contribution in [2.75, 3.05) is 0 Å². The number of hydrogen-bond acceptors (Lipinski definition) is 2. The van der Waals surface area contributed by atoms with Gasteiger partial charge >= 0.3 is 0 Å². The van der Waals surface area contributed by atoms with E-state index < -0.39 is 0 Å². The third kappa shape index (κ3) is 3.10. The van der Waals surface area contributed by atoms with Crippen molar-refractivity contribution < 1.29 is 0 Å². The van der Waals surface area contributed by atoms with E-state index in [2.05, 4.69) is 54.6 Å². The summed E-state index contributed by atoms with van der Waals surface area (Å²) < 4.78 is 0. The van der Waals surface area contributed by atoms with Gasteiger partial charge in [0.1, 0.15) is 0 Å². The summed E-state index contributed by atoms with van der Waals surface area (Å²) in [5.41, 5.74) is 10.9. The molecule has 1 aliphatic carbocycles. The fourth-order valence-corrected chi connectivity index (χ4v) is 4.07. The predicted molar refractivity (Wildman–Crippen MR) is 107 cm³/mol. The molecule has 1 aliphatic heterocycles. The van der Waals surface area contributed by atoms with Gasteiger partial charge in [0.05, 0.1) is 11.8 Å². The second-order valence-electron chi connectivity index (χ2n) is 6.60. The molecule has 1 fully saturated rings. The molecule has 2 atom stereocenters. The topological polar surface area (TPSA) is 41.6 Å². The van der Waals surface area contributed by atoms with Crippen LogP contribution < -0.4 is 5.73 Å². The first kappa shape index (κ1) is 16.0. The van der Waals surface area contributed by atoms with E-state index in [1.165, 1.54) is 16.7 Å². The van der Waals surface area contributed by atoms with Crippen LogP contribution in [0.3, 0.4) is 0 Å². The van der Waals surface area contributed by atoms with Gasteiger partial charge in [-0.15, -0.1) is 0 Å². The van der Waals surface area contributed by atoms with Crippen LogP contribution in [0.15, 0.2) is 71.3 Å². The number of allylic oxidation sites excluding steroid dienone is 1. The minimum atomic E-state index is 0.105. The van der Waals surface area contributed by atoms with Gasteiger partial charge in [-0.1, -0.05) is 60.7 Å². The number of benzene rings is 2. The molecule has 0 unspecified atom stereocenters. The number of nitrogens with zero attached hydrogens (tertiary/aromatic N) is 2. The molecule has 4 rings (SSSR count). The van der Waals surface area contributed by atoms with Gasteiger partial charge in [-0.25, -0.2) is 5.01 Å². The van der Waals surface area contributed by atoms with Crippen molar-refractivity contribution in [3.63, 3.8) is 0 Å². The first-order valence-corrected chi connectivity index (χ1v) is 9.13. The van der Waals surface area contributed by atoms with E-state index in [0.717, 1.165) is 25.0 Å². The summed E-state index contributed by atoms with van der Waals surface area (Å²) in [5.74, 6) is 0.340. The molecule has 2 aliphatic rings. The Labute approximate surface area is 153 Å². The van der Waals surface area contributed by atoms with E-state index in [1.807, 2.05) is 17.1 Å². The molecule has 126 valence electrons. The molecule has 0 amide bonds. The van der Waals surface area contributed by atoms with Gasteiger partial charge in [-0.2, -0.15) is 5.10 Å². The Morgan fingerprint density at radius 2 is 1.76 bits per heavy atom. The van der Waals surface area contributed by atoms with Crippen molar-refractivity contribution in [1.29, 1.82) is 0 Å². The Hall–Kier alpha value is -2.46. The highest BCUT2D eigenvalue weighted by molar-refractivity contribution is 7.80. The van der Waals surface area contributed by atoms with E-state index >= 15 is 0 Å². The van der Waals surface area contributed by atoms with Crippen molar-refractivity contribution in [2.45, 2.75) is 25.3 Å². The van der Waals surface area contributed by atoms with Gasteiger partial charge < -0.3 is 5.73 Å². The molecule has 4 heteroatoms. The average molecular weight is 347 g/mol. The third-order valence-electron chi connectivity index (χ3n) is 5.01. The Balaban J connectivity index is 1.74. The van der Waals surface area contributed by atoms with Crippen LogP contribution in [0.25, 0.3) is 6.08 Å². The lowest BCUT2D eigenvalue weighted by Gasteiger charge is -2.29. The molecule has 0 saturated heterocycles. The Morgan fingerprint density at radius 3 is 2.44 bits per heavy atom. The van der Waals surface area contributed by atoms with Crippen LogP contribution in [0.5, 0.6) is 0 Å². The van der Waals surface area contributed by atoms with Crippen LogP contribution in [-0.4, -0.2) is 15.8 Å². The minimum Gasteiger partial charge on any atom is -0.375 e. The lowest BCUT2D eigenvalue weighted by Crippen LogP contribution is -2.34. The van der Waals surface area contributed by atoms with Crippen LogP contribution in [-0.2, 0) is 0 Å². The highest BCUT2D eigenvalue weighted by Gasteiger charge is 2.42. The number of hydrogen-bond donors (Lipinski definition) is 1. The molecule has 2 aromatic rings. The van der Waals surface area contributed by atoms with Gasteiger partial charge in [0.2, 0.25) is 0 Å². The van der Waals surface area contributed by atoms with Crippen LogP contribution in [0, 0.1) is 5.92 Å². The van der Waals surface area contributed by atoms with Gasteiger partial charge in [-0.3, -0.25) is 0 Å². The van der Waals surface area contributed by atoms with Crippen molar-refractivity contribution in [1.82, 2.24) is 5.01 Å². The highest BCUT2D eigenvalue weighted by atomic mass is 32.1. The minimum absolute atomic E-state index is 0.105. The van der Waals surface area contributed by atoms with Gasteiger partial charge in [0.25, 0.3) is 0 Å². The second-order valence-corrected chi connectivity index (χ2v) is 7.02. The molecule has 0 bridgehead atoms. The predicted octanol–water partition coefficient (Wildman–Crippen LogP) is 4.53. The van der Waals surface area contributed by atoms with E-state index in [4.69, 9.17) is 23.1 Å². The molecule has 0 radical (unpaired) electrons. The number of thiocarbonyl (C=S) groups is 1. The van der Waals surface area contributed by atoms with Crippen LogP contribution in [0.4, 0.5) is 0 Å². The maximum absolute atomic E-state index is 6.01. The molecule has 0 aromatic heterocycles. The quantitative estimate of drug-likeness (QED) is 0.812. The Morgan fingerprint density at radius 1 is 1.08 bits per heavy atom. The fraction of sp³-hybridized carbons (Fsp3) is 0.238. The van der Waals surface area contributed by atoms with Crippen molar-refractivity contribution in [2.24, 2.45) is 16.8 Å². The molecule has 3 nitrogen and oxygen atoms in total. The smallest absolute Gasteiger partial charge is 0.187 e. The normalized spacial score (nSPS) is 24.1. The summed E-state index contributed by atoms with van der Waals surface area (Å²) in [5, 5.41) is 7.04. The largest absolute Gasteiger partial charge is 0.375 e. The second kappa shape index (κ2) is 6.81. The first-order chi connectivity index (χ1) is 12.2. The SMILES string of the molecule is NC(=S)N1N=C2/C(=C\c3ccccc3)CCC[C@@H]2[C@@H]1c1ccccc1. The van der Waals surface area contributed by atoms with Crippen molar-refractivity contribution >= 4 is 29.1 Å². The van der Waals surface area contributed by atoms with E-state index in [0.29, 0.717) is 11.0 Å². The lowest BCUT2D eigenvalue weighted by atomic mass is 9.77. The Bertz CT molecular complexity index is 827. The molecular weight excluding hydrogens is 326 g/mol. The van der Waals surface area contributed by atoms with Crippen LogP contribution in [0.2, 0.25) is 0 Å². The maximum Gasteiger partial charge on any atom is 0.187 e. The summed E-state index contributed by atoms with van der Waals surface area (Å²) >= 11 is 5.30. The number of fused-ring (bicyclic) bond motifs is 1. The summed E-state index contributed by atoms with van der Waals surface area (Å²) in [6.45, 7) is 0. The van der Waals surface area contributed by atoms with E-state index in [1.54, 1.807) is 0 Å². The van der Waals surface area contributed by atoms with E-state index in [9.17, 15) is 0 Å². The van der Waals surface area contributed by atoms with Gasteiger partial charge in [0.15, 0.2) is 5.11 Å². The maximum atomic E-state index is 6.01. The lowest BCUT2D eigenvalue weighted by molar-refractivity contribution is 0.305. The summed E-state index contributed by atoms with van der Waals surface area (Å²) in [6, 6.07) is 21.0. The third-order valence-corrected chi connectivity index (χ3v) is 5.20. The first-order valence-electron chi connectivity index (χ1n) is 8.72. The standard InChI is InChI=1S/C21H21N3S/c22-21(25)24-20(16-10-5-2-6-11-16)18-13-7-12-17(19(18)23-24)14-15-8-3-1-4-9-15/h1-6,8-11,14,18,20H,7,12-13H2,(H2,22,25)/b17-14-/t18-,20-/m0/s1. The molecule has 1 saturated carbocycles. The molecule has 0 spiro atoms. The highest BCUT2D eigenvalue weighted by Crippen LogP contribution is 2.44. The molecular formula is C21H21N3S. The number of nitrogens with two attached hydrogens (primary N) is 1. The summed E-state index contributed by atoms with van der Waals surface area (Å²) in [7, 11) is 0. The fourth-order valence-electron chi connectivity index (χ4n) is 3.92. The van der Waals surface area contributed by atoms with Crippen molar-refractivity contribution in [3.05, 3.63) is 77.4 Å². The van der Waals surface area contributed by atoms with Crippen LogP contribution in [0.1, 0.15) is 36.4 Å². The number of rotatable bonds is 2. The molecule has 1 heterocycles. The molecule has 2 aromatic carbocycles. The zero-order valence-electron chi connectivity index (χ0n) is 14.0. The van der Waals surface area contributed by atoms with Crippen molar-refractivity contribution in [3.8, 4) is 0 Å². The average Bonchev–Trinajstić information content (AvgIpc) is 3.04. The molecule has 2 N–H and O–H groups in total. The molecule has 25 heavy (non-hydrogen) atoms. The van der Waals surface area contributed by atoms with Crippen LogP contribution >= 0.6 is 12.2 Å². The number of hydrazone groups is 1. The monoisotopic (exact) mass is 347 g/mol. The summed E-state index contributed by atoms with van der Waals surface area (Å²) in [6.07, 6.45) is 5.59. The zero-order valence-corrected chi connectivity index (χ0v) is 14.8. The zero-order chi connectivity index (χ0) is 17.2. The Kier molecular flexibility index (Phi) is 4.36. The van der Waals surface area contributed by atoms with E-state index in [-0.39, 0.29) is 6.04 Å².